The van der Waals surface area contributed by atoms with Crippen molar-refractivity contribution in [2.75, 3.05) is 12.4 Å². The van der Waals surface area contributed by atoms with Crippen molar-refractivity contribution >= 4 is 17.6 Å². The summed E-state index contributed by atoms with van der Waals surface area (Å²) in [6, 6.07) is 1.16. The average Bonchev–Trinajstić information content (AvgIpc) is 2.32. The number of rotatable bonds is 5. The minimum Gasteiger partial charge on any atom is -0.478 e. The molecule has 0 aliphatic carbocycles. The van der Waals surface area contributed by atoms with Gasteiger partial charge in [-0.05, 0) is 19.9 Å². The van der Waals surface area contributed by atoms with E-state index < -0.39 is 34.7 Å². The van der Waals surface area contributed by atoms with E-state index in [9.17, 15) is 18.4 Å². The Morgan fingerprint density at radius 3 is 2.35 bits per heavy atom. The summed E-state index contributed by atoms with van der Waals surface area (Å²) in [5, 5.41) is 11.2. The summed E-state index contributed by atoms with van der Waals surface area (Å²) in [4.78, 5) is 22.7. The van der Waals surface area contributed by atoms with E-state index in [2.05, 4.69) is 5.32 Å². The summed E-state index contributed by atoms with van der Waals surface area (Å²) in [6.07, 6.45) is -0.0679. The molecular weight excluding hydrogens is 272 g/mol. The van der Waals surface area contributed by atoms with Gasteiger partial charge in [-0.3, -0.25) is 4.79 Å². The van der Waals surface area contributed by atoms with Crippen molar-refractivity contribution in [2.24, 2.45) is 0 Å². The Morgan fingerprint density at radius 2 is 1.85 bits per heavy atom. The average molecular weight is 287 g/mol. The number of methoxy groups -OCH3 is 1. The van der Waals surface area contributed by atoms with E-state index in [-0.39, 0.29) is 12.1 Å². The highest BCUT2D eigenvalue weighted by molar-refractivity contribution is 6.00. The number of nitrogens with one attached hydrogen (secondary N) is 1. The third-order valence-electron chi connectivity index (χ3n) is 2.70. The lowest BCUT2D eigenvalue weighted by atomic mass is 10.0. The van der Waals surface area contributed by atoms with Gasteiger partial charge in [0, 0.05) is 13.2 Å². The number of hydrogen-bond acceptors (Lipinski definition) is 3. The molecular formula is C13H15F2NO4. The fraction of sp³-hybridized carbons (Fsp3) is 0.385. The van der Waals surface area contributed by atoms with Gasteiger partial charge in [0.15, 0.2) is 11.6 Å². The molecule has 0 atom stereocenters. The minimum atomic E-state index is -1.47. The number of amides is 1. The molecule has 0 saturated heterocycles. The number of carboxylic acids is 1. The highest BCUT2D eigenvalue weighted by Crippen LogP contribution is 2.22. The van der Waals surface area contributed by atoms with Gasteiger partial charge in [-0.15, -0.1) is 0 Å². The van der Waals surface area contributed by atoms with Crippen molar-refractivity contribution in [1.82, 2.24) is 0 Å². The largest absolute Gasteiger partial charge is 0.478 e. The zero-order valence-electron chi connectivity index (χ0n) is 11.3. The molecule has 1 amide bonds. The smallest absolute Gasteiger partial charge is 0.337 e. The molecule has 0 bridgehead atoms. The van der Waals surface area contributed by atoms with Gasteiger partial charge in [0.25, 0.3) is 0 Å². The molecule has 2 N–H and O–H groups in total. The van der Waals surface area contributed by atoms with E-state index >= 15 is 0 Å². The predicted molar refractivity (Wildman–Crippen MR) is 67.7 cm³/mol. The first kappa shape index (κ1) is 16.0. The Balaban J connectivity index is 3.00. The fourth-order valence-corrected chi connectivity index (χ4v) is 1.48. The van der Waals surface area contributed by atoms with Crippen molar-refractivity contribution < 1.29 is 28.2 Å². The maximum atomic E-state index is 13.1. The Kier molecular flexibility index (Phi) is 4.78. The third kappa shape index (κ3) is 3.99. The zero-order valence-corrected chi connectivity index (χ0v) is 11.3. The first-order valence-corrected chi connectivity index (χ1v) is 5.73. The molecule has 0 fully saturated rings. The quantitative estimate of drug-likeness (QED) is 0.872. The highest BCUT2D eigenvalue weighted by atomic mass is 19.2. The number of hydrogen-bond donors (Lipinski definition) is 2. The number of benzene rings is 1. The Bertz CT molecular complexity index is 543. The monoisotopic (exact) mass is 287 g/mol. The van der Waals surface area contributed by atoms with Crippen molar-refractivity contribution in [1.29, 1.82) is 0 Å². The van der Waals surface area contributed by atoms with Crippen LogP contribution in [0.25, 0.3) is 0 Å². The predicted octanol–water partition coefficient (Wildman–Crippen LogP) is 2.42. The lowest BCUT2D eigenvalue weighted by Crippen LogP contribution is -2.30. The maximum absolute atomic E-state index is 13.1. The fourth-order valence-electron chi connectivity index (χ4n) is 1.48. The molecule has 0 radical (unpaired) electrons. The SMILES string of the molecule is COC(C)(C)CC(=O)Nc1cc(F)c(F)cc1C(=O)O. The number of carboxylic acid groups (broad SMARTS) is 1. The van der Waals surface area contributed by atoms with Crippen LogP contribution in [-0.2, 0) is 9.53 Å². The van der Waals surface area contributed by atoms with E-state index in [1.54, 1.807) is 13.8 Å². The van der Waals surface area contributed by atoms with Gasteiger partial charge in [-0.25, -0.2) is 13.6 Å². The van der Waals surface area contributed by atoms with Gasteiger partial charge in [0.2, 0.25) is 5.91 Å². The highest BCUT2D eigenvalue weighted by Gasteiger charge is 2.23. The first-order valence-electron chi connectivity index (χ1n) is 5.73. The van der Waals surface area contributed by atoms with Gasteiger partial charge < -0.3 is 15.2 Å². The van der Waals surface area contributed by atoms with Crippen molar-refractivity contribution in [3.8, 4) is 0 Å². The van der Waals surface area contributed by atoms with Crippen molar-refractivity contribution in [3.63, 3.8) is 0 Å². The standard InChI is InChI=1S/C13H15F2NO4/c1-13(2,20-3)6-11(17)16-10-5-9(15)8(14)4-7(10)12(18)19/h4-5H,6H2,1-3H3,(H,16,17)(H,18,19). The van der Waals surface area contributed by atoms with Crippen LogP contribution in [0.15, 0.2) is 12.1 Å². The number of halogens is 2. The van der Waals surface area contributed by atoms with Crippen LogP contribution in [0.3, 0.4) is 0 Å². The molecule has 1 aromatic carbocycles. The molecule has 1 rings (SSSR count). The lowest BCUT2D eigenvalue weighted by Gasteiger charge is -2.22. The van der Waals surface area contributed by atoms with Crippen LogP contribution in [0.1, 0.15) is 30.6 Å². The van der Waals surface area contributed by atoms with Crippen LogP contribution in [0, 0.1) is 11.6 Å². The van der Waals surface area contributed by atoms with Gasteiger partial charge >= 0.3 is 5.97 Å². The van der Waals surface area contributed by atoms with Crippen LogP contribution in [0.5, 0.6) is 0 Å². The summed E-state index contributed by atoms with van der Waals surface area (Å²) in [6.45, 7) is 3.33. The second kappa shape index (κ2) is 5.96. The molecule has 0 aliphatic heterocycles. The van der Waals surface area contributed by atoms with Crippen LogP contribution in [-0.4, -0.2) is 29.7 Å². The molecule has 0 aromatic heterocycles. The van der Waals surface area contributed by atoms with E-state index in [1.807, 2.05) is 0 Å². The summed E-state index contributed by atoms with van der Waals surface area (Å²) >= 11 is 0. The molecule has 1 aromatic rings. The van der Waals surface area contributed by atoms with Gasteiger partial charge in [-0.2, -0.15) is 0 Å². The second-order valence-corrected chi connectivity index (χ2v) is 4.81. The zero-order chi connectivity index (χ0) is 15.5. The normalized spacial score (nSPS) is 11.2. The van der Waals surface area contributed by atoms with Gasteiger partial charge in [0.05, 0.1) is 23.3 Å². The minimum absolute atomic E-state index is 0.0679. The summed E-state index contributed by atoms with van der Waals surface area (Å²) < 4.78 is 31.2. The molecule has 20 heavy (non-hydrogen) atoms. The summed E-state index contributed by atoms with van der Waals surface area (Å²) in [7, 11) is 1.42. The van der Waals surface area contributed by atoms with E-state index in [0.717, 1.165) is 0 Å². The maximum Gasteiger partial charge on any atom is 0.337 e. The molecule has 0 saturated carbocycles. The Labute approximate surface area is 114 Å². The molecule has 7 heteroatoms. The topological polar surface area (TPSA) is 75.6 Å². The van der Waals surface area contributed by atoms with Crippen LogP contribution in [0.4, 0.5) is 14.5 Å². The van der Waals surface area contributed by atoms with Crippen LogP contribution in [0.2, 0.25) is 0 Å². The van der Waals surface area contributed by atoms with E-state index in [1.165, 1.54) is 7.11 Å². The Morgan fingerprint density at radius 1 is 1.30 bits per heavy atom. The number of carbonyl (C=O) groups excluding carboxylic acids is 1. The van der Waals surface area contributed by atoms with E-state index in [4.69, 9.17) is 9.84 Å². The van der Waals surface area contributed by atoms with Gasteiger partial charge in [-0.1, -0.05) is 0 Å². The van der Waals surface area contributed by atoms with Crippen molar-refractivity contribution in [3.05, 3.63) is 29.3 Å². The molecule has 0 unspecified atom stereocenters. The molecule has 0 aliphatic rings. The molecule has 110 valence electrons. The number of ether oxygens (including phenoxy) is 1. The Hall–Kier alpha value is -2.02. The van der Waals surface area contributed by atoms with Crippen molar-refractivity contribution in [2.45, 2.75) is 25.9 Å². The van der Waals surface area contributed by atoms with Crippen LogP contribution < -0.4 is 5.32 Å². The van der Waals surface area contributed by atoms with E-state index in [0.29, 0.717) is 12.1 Å². The lowest BCUT2D eigenvalue weighted by molar-refractivity contribution is -0.121. The molecule has 0 heterocycles. The number of carbonyl (C=O) groups is 2. The molecule has 5 nitrogen and oxygen atoms in total. The third-order valence-corrected chi connectivity index (χ3v) is 2.70. The number of aromatic carboxylic acids is 1. The summed E-state index contributed by atoms with van der Waals surface area (Å²) in [5.41, 5.74) is -1.58. The number of anilines is 1. The summed E-state index contributed by atoms with van der Waals surface area (Å²) in [5.74, 6) is -4.57. The second-order valence-electron chi connectivity index (χ2n) is 4.81. The first-order chi connectivity index (χ1) is 9.16. The molecule has 0 spiro atoms. The van der Waals surface area contributed by atoms with Gasteiger partial charge in [0.1, 0.15) is 0 Å². The van der Waals surface area contributed by atoms with Crippen LogP contribution >= 0.6 is 0 Å².